The first kappa shape index (κ1) is 28.7. The van der Waals surface area contributed by atoms with E-state index in [0.717, 1.165) is 29.8 Å². The zero-order valence-electron chi connectivity index (χ0n) is 24.6. The molecule has 3 aliphatic heterocycles. The van der Waals surface area contributed by atoms with Gasteiger partial charge in [-0.2, -0.15) is 0 Å². The van der Waals surface area contributed by atoms with Crippen LogP contribution in [0.5, 0.6) is 0 Å². The van der Waals surface area contributed by atoms with Crippen LogP contribution in [0.1, 0.15) is 50.7 Å². The number of pyridine rings is 1. The summed E-state index contributed by atoms with van der Waals surface area (Å²) < 4.78 is 31.0. The van der Waals surface area contributed by atoms with Crippen LogP contribution in [0.3, 0.4) is 0 Å². The Morgan fingerprint density at radius 2 is 1.62 bits per heavy atom. The van der Waals surface area contributed by atoms with Crippen LogP contribution in [-0.4, -0.2) is 47.5 Å². The number of aromatic nitrogens is 1. The van der Waals surface area contributed by atoms with Gasteiger partial charge in [0.1, 0.15) is 17.2 Å². The van der Waals surface area contributed by atoms with Gasteiger partial charge in [-0.3, -0.25) is 14.4 Å². The van der Waals surface area contributed by atoms with Gasteiger partial charge in [0.15, 0.2) is 0 Å². The molecule has 0 unspecified atom stereocenters. The van der Waals surface area contributed by atoms with Crippen molar-refractivity contribution in [3.63, 3.8) is 0 Å². The molecule has 1 fully saturated rings. The molecule has 0 saturated carbocycles. The number of benzene rings is 3. The van der Waals surface area contributed by atoms with E-state index in [4.69, 9.17) is 0 Å². The van der Waals surface area contributed by atoms with E-state index < -0.39 is 23.1 Å². The third kappa shape index (κ3) is 5.54. The van der Waals surface area contributed by atoms with Crippen LogP contribution in [0.25, 0.3) is 5.57 Å². The minimum Gasteiger partial charge on any atom is -0.369 e. The molecule has 3 aliphatic rings. The number of halogens is 2. The van der Waals surface area contributed by atoms with Crippen molar-refractivity contribution in [3.8, 4) is 0 Å². The van der Waals surface area contributed by atoms with Gasteiger partial charge in [-0.15, -0.1) is 0 Å². The largest absolute Gasteiger partial charge is 0.369 e. The lowest BCUT2D eigenvalue weighted by atomic mass is 9.83. The standard InChI is InChI=1S/C36H32F2N4O3/c37-28-8-4-9-29(38)34(28)35(44)39-30-19-26(36(45)40-16-14-25(15-17-40)24-6-2-1-3-7-24)12-13-32(30)41-20-23-18-27(22-41)31-10-5-11-33(43)42(31)21-23/h1-14,19,23,27H,15-18,20-22H2,(H,39,44)/t23-,27+/m1/s1. The molecule has 228 valence electrons. The Balaban J connectivity index is 1.20. The first-order chi connectivity index (χ1) is 21.9. The van der Waals surface area contributed by atoms with E-state index in [2.05, 4.69) is 28.4 Å². The van der Waals surface area contributed by atoms with E-state index in [-0.39, 0.29) is 23.3 Å². The van der Waals surface area contributed by atoms with Crippen molar-refractivity contribution in [1.29, 1.82) is 0 Å². The lowest BCUT2D eigenvalue weighted by Crippen LogP contribution is -2.47. The van der Waals surface area contributed by atoms with Crippen molar-refractivity contribution in [2.24, 2.45) is 5.92 Å². The number of carbonyl (C=O) groups is 2. The fourth-order valence-electron chi connectivity index (χ4n) is 6.99. The topological polar surface area (TPSA) is 74.7 Å². The van der Waals surface area contributed by atoms with Crippen molar-refractivity contribution in [2.75, 3.05) is 36.4 Å². The maximum absolute atomic E-state index is 14.6. The summed E-state index contributed by atoms with van der Waals surface area (Å²) in [6, 6.07) is 23.8. The highest BCUT2D eigenvalue weighted by Crippen LogP contribution is 2.39. The zero-order valence-corrected chi connectivity index (χ0v) is 24.6. The number of carbonyl (C=O) groups excluding carboxylic acids is 2. The van der Waals surface area contributed by atoms with E-state index in [1.807, 2.05) is 28.8 Å². The summed E-state index contributed by atoms with van der Waals surface area (Å²) in [5.41, 5.74) is 3.93. The lowest BCUT2D eigenvalue weighted by molar-refractivity contribution is 0.0772. The SMILES string of the molecule is O=C(Nc1cc(C(=O)N2CC=C(c3ccccc3)CC2)ccc1N1C[C@H]2C[C@@H](C1)c1cccc(=O)n1C2)c1c(F)cccc1F. The average molecular weight is 607 g/mol. The number of rotatable bonds is 5. The highest BCUT2D eigenvalue weighted by molar-refractivity contribution is 6.07. The molecule has 0 radical (unpaired) electrons. The van der Waals surface area contributed by atoms with E-state index in [0.29, 0.717) is 56.1 Å². The first-order valence-electron chi connectivity index (χ1n) is 15.2. The lowest BCUT2D eigenvalue weighted by Gasteiger charge is -2.44. The van der Waals surface area contributed by atoms with Gasteiger partial charge in [-0.05, 0) is 66.3 Å². The van der Waals surface area contributed by atoms with Crippen LogP contribution in [0.15, 0.2) is 95.8 Å². The predicted molar refractivity (Wildman–Crippen MR) is 169 cm³/mol. The van der Waals surface area contributed by atoms with Gasteiger partial charge in [-0.25, -0.2) is 8.78 Å². The van der Waals surface area contributed by atoms with E-state index >= 15 is 0 Å². The highest BCUT2D eigenvalue weighted by Gasteiger charge is 2.35. The van der Waals surface area contributed by atoms with Crippen molar-refractivity contribution >= 4 is 28.8 Å². The first-order valence-corrected chi connectivity index (χ1v) is 15.2. The number of hydrogen-bond donors (Lipinski definition) is 1. The second-order valence-electron chi connectivity index (χ2n) is 12.0. The van der Waals surface area contributed by atoms with E-state index in [1.165, 1.54) is 11.6 Å². The summed E-state index contributed by atoms with van der Waals surface area (Å²) in [7, 11) is 0. The van der Waals surface area contributed by atoms with Crippen LogP contribution in [0.2, 0.25) is 0 Å². The molecule has 0 spiro atoms. The van der Waals surface area contributed by atoms with E-state index in [1.54, 1.807) is 35.2 Å². The maximum atomic E-state index is 14.6. The predicted octanol–water partition coefficient (Wildman–Crippen LogP) is 5.93. The number of fused-ring (bicyclic) bond motifs is 4. The average Bonchev–Trinajstić information content (AvgIpc) is 3.05. The normalized spacial score (nSPS) is 19.0. The monoisotopic (exact) mass is 606 g/mol. The fourth-order valence-corrected chi connectivity index (χ4v) is 6.99. The summed E-state index contributed by atoms with van der Waals surface area (Å²) in [5.74, 6) is -2.76. The number of nitrogens with one attached hydrogen (secondary N) is 1. The summed E-state index contributed by atoms with van der Waals surface area (Å²) in [4.78, 5) is 43.4. The molecule has 4 aromatic rings. The maximum Gasteiger partial charge on any atom is 0.261 e. The van der Waals surface area contributed by atoms with Crippen LogP contribution in [0.4, 0.5) is 20.2 Å². The molecule has 2 atom stereocenters. The van der Waals surface area contributed by atoms with Gasteiger partial charge >= 0.3 is 0 Å². The number of anilines is 2. The molecule has 3 aromatic carbocycles. The quantitative estimate of drug-likeness (QED) is 0.306. The van der Waals surface area contributed by atoms with Crippen molar-refractivity contribution in [1.82, 2.24) is 9.47 Å². The van der Waals surface area contributed by atoms with E-state index in [9.17, 15) is 23.2 Å². The minimum atomic E-state index is -0.967. The Bertz CT molecular complexity index is 1870. The highest BCUT2D eigenvalue weighted by atomic mass is 19.1. The summed E-state index contributed by atoms with van der Waals surface area (Å²) in [6.45, 7) is 2.79. The van der Waals surface area contributed by atoms with Gasteiger partial charge in [0, 0.05) is 56.0 Å². The molecule has 7 nitrogen and oxygen atoms in total. The molecule has 2 bridgehead atoms. The molecule has 4 heterocycles. The Hall–Kier alpha value is -5.05. The summed E-state index contributed by atoms with van der Waals surface area (Å²) in [6.07, 6.45) is 3.71. The second kappa shape index (κ2) is 11.8. The van der Waals surface area contributed by atoms with Crippen LogP contribution >= 0.6 is 0 Å². The molecular weight excluding hydrogens is 574 g/mol. The molecule has 0 aliphatic carbocycles. The smallest absolute Gasteiger partial charge is 0.261 e. The van der Waals surface area contributed by atoms with Gasteiger partial charge in [0.2, 0.25) is 0 Å². The minimum absolute atomic E-state index is 0.0122. The van der Waals surface area contributed by atoms with Crippen LogP contribution < -0.4 is 15.8 Å². The second-order valence-corrected chi connectivity index (χ2v) is 12.0. The Labute approximate surface area is 259 Å². The third-order valence-electron chi connectivity index (χ3n) is 9.14. The molecular formula is C36H32F2N4O3. The van der Waals surface area contributed by atoms with Gasteiger partial charge in [0.05, 0.1) is 11.4 Å². The summed E-state index contributed by atoms with van der Waals surface area (Å²) >= 11 is 0. The molecule has 1 N–H and O–H groups in total. The molecule has 1 aromatic heterocycles. The van der Waals surface area contributed by atoms with Crippen molar-refractivity contribution in [3.05, 3.63) is 135 Å². The van der Waals surface area contributed by atoms with Crippen molar-refractivity contribution in [2.45, 2.75) is 25.3 Å². The fraction of sp³-hybridized carbons (Fsp3) is 0.250. The molecule has 45 heavy (non-hydrogen) atoms. The molecule has 9 heteroatoms. The number of amides is 2. The Kier molecular flexibility index (Phi) is 7.53. The van der Waals surface area contributed by atoms with Crippen LogP contribution in [0, 0.1) is 17.6 Å². The van der Waals surface area contributed by atoms with Gasteiger partial charge in [0.25, 0.3) is 17.4 Å². The van der Waals surface area contributed by atoms with Gasteiger partial charge in [-0.1, -0.05) is 48.5 Å². The number of nitrogens with zero attached hydrogens (tertiary/aromatic N) is 3. The zero-order chi connectivity index (χ0) is 31.1. The summed E-state index contributed by atoms with van der Waals surface area (Å²) in [5, 5.41) is 2.73. The Morgan fingerprint density at radius 1 is 0.844 bits per heavy atom. The molecule has 7 rings (SSSR count). The van der Waals surface area contributed by atoms with Crippen molar-refractivity contribution < 1.29 is 18.4 Å². The molecule has 2 amide bonds. The molecule has 1 saturated heterocycles. The van der Waals surface area contributed by atoms with Gasteiger partial charge < -0.3 is 19.7 Å². The number of hydrogen-bond acceptors (Lipinski definition) is 4. The Morgan fingerprint density at radius 3 is 2.38 bits per heavy atom. The van der Waals surface area contributed by atoms with Crippen LogP contribution in [-0.2, 0) is 6.54 Å². The third-order valence-corrected chi connectivity index (χ3v) is 9.14. The number of piperidine rings is 1.